The first kappa shape index (κ1) is 15.4. The molecule has 0 saturated heterocycles. The topological polar surface area (TPSA) is 33.2 Å². The second-order valence-corrected chi connectivity index (χ2v) is 5.28. The summed E-state index contributed by atoms with van der Waals surface area (Å²) in [5, 5.41) is 0. The largest absolute Gasteiger partial charge is 0.297 e. The fraction of sp³-hybridized carbons (Fsp3) is 0.333. The molecular weight excluding hydrogens is 260 g/mol. The molecule has 21 heavy (non-hydrogen) atoms. The van der Waals surface area contributed by atoms with Gasteiger partial charge in [-0.3, -0.25) is 14.7 Å². The van der Waals surface area contributed by atoms with Crippen LogP contribution in [0.3, 0.4) is 0 Å². The minimum absolute atomic E-state index is 0.0175. The lowest BCUT2D eigenvalue weighted by atomic mass is 9.99. The van der Waals surface area contributed by atoms with Crippen LogP contribution in [0.1, 0.15) is 29.9 Å². The summed E-state index contributed by atoms with van der Waals surface area (Å²) < 4.78 is 0. The highest BCUT2D eigenvalue weighted by atomic mass is 16.1. The van der Waals surface area contributed by atoms with E-state index in [0.717, 1.165) is 30.9 Å². The SMILES string of the molecule is CCN(Cc1ccccn1)CC(C)C(=O)c1ccccc1. The Hall–Kier alpha value is -2.00. The van der Waals surface area contributed by atoms with E-state index in [9.17, 15) is 4.79 Å². The van der Waals surface area contributed by atoms with Crippen LogP contribution in [0.2, 0.25) is 0 Å². The summed E-state index contributed by atoms with van der Waals surface area (Å²) >= 11 is 0. The molecule has 0 radical (unpaired) electrons. The highest BCUT2D eigenvalue weighted by Crippen LogP contribution is 2.11. The molecule has 0 N–H and O–H groups in total. The first-order valence-electron chi connectivity index (χ1n) is 7.42. The van der Waals surface area contributed by atoms with Crippen LogP contribution < -0.4 is 0 Å². The maximum Gasteiger partial charge on any atom is 0.166 e. The van der Waals surface area contributed by atoms with Gasteiger partial charge in [-0.25, -0.2) is 0 Å². The number of pyridine rings is 1. The van der Waals surface area contributed by atoms with E-state index in [1.165, 1.54) is 0 Å². The van der Waals surface area contributed by atoms with E-state index in [1.54, 1.807) is 0 Å². The minimum Gasteiger partial charge on any atom is -0.297 e. The molecule has 0 aliphatic heterocycles. The molecule has 3 nitrogen and oxygen atoms in total. The molecule has 2 aromatic rings. The lowest BCUT2D eigenvalue weighted by Crippen LogP contribution is -2.31. The first-order valence-corrected chi connectivity index (χ1v) is 7.42. The quantitative estimate of drug-likeness (QED) is 0.730. The third-order valence-corrected chi connectivity index (χ3v) is 3.60. The van der Waals surface area contributed by atoms with Crippen molar-refractivity contribution in [1.82, 2.24) is 9.88 Å². The molecule has 0 bridgehead atoms. The predicted molar refractivity (Wildman–Crippen MR) is 85.1 cm³/mol. The van der Waals surface area contributed by atoms with Gasteiger partial charge in [0.05, 0.1) is 5.69 Å². The molecule has 0 aliphatic rings. The Morgan fingerprint density at radius 3 is 2.48 bits per heavy atom. The third-order valence-electron chi connectivity index (χ3n) is 3.60. The summed E-state index contributed by atoms with van der Waals surface area (Å²) in [6, 6.07) is 15.4. The van der Waals surface area contributed by atoms with Crippen LogP contribution >= 0.6 is 0 Å². The Bertz CT molecular complexity index is 554. The van der Waals surface area contributed by atoms with Crippen molar-refractivity contribution in [2.24, 2.45) is 5.92 Å². The number of benzene rings is 1. The molecule has 0 spiro atoms. The number of rotatable bonds is 7. The fourth-order valence-corrected chi connectivity index (χ4v) is 2.38. The Labute approximate surface area is 126 Å². The van der Waals surface area contributed by atoms with Gasteiger partial charge < -0.3 is 0 Å². The zero-order valence-corrected chi connectivity index (χ0v) is 12.7. The zero-order valence-electron chi connectivity index (χ0n) is 12.7. The van der Waals surface area contributed by atoms with Crippen molar-refractivity contribution in [3.63, 3.8) is 0 Å². The molecule has 1 aromatic carbocycles. The van der Waals surface area contributed by atoms with Gasteiger partial charge in [-0.1, -0.05) is 50.2 Å². The lowest BCUT2D eigenvalue weighted by molar-refractivity contribution is 0.0892. The number of hydrogen-bond donors (Lipinski definition) is 0. The van der Waals surface area contributed by atoms with Crippen molar-refractivity contribution in [3.8, 4) is 0 Å². The summed E-state index contributed by atoms with van der Waals surface area (Å²) in [5.74, 6) is 0.186. The molecule has 1 atom stereocenters. The maximum atomic E-state index is 12.4. The normalized spacial score (nSPS) is 12.3. The Morgan fingerprint density at radius 1 is 1.14 bits per heavy atom. The summed E-state index contributed by atoms with van der Waals surface area (Å²) in [6.45, 7) is 6.55. The van der Waals surface area contributed by atoms with Crippen molar-refractivity contribution in [2.45, 2.75) is 20.4 Å². The van der Waals surface area contributed by atoms with E-state index in [1.807, 2.05) is 61.7 Å². The summed E-state index contributed by atoms with van der Waals surface area (Å²) in [5.41, 5.74) is 1.83. The summed E-state index contributed by atoms with van der Waals surface area (Å²) in [7, 11) is 0. The Balaban J connectivity index is 1.96. The molecule has 1 unspecified atom stereocenters. The monoisotopic (exact) mass is 282 g/mol. The molecule has 110 valence electrons. The van der Waals surface area contributed by atoms with Crippen LogP contribution in [0.4, 0.5) is 0 Å². The van der Waals surface area contributed by atoms with E-state index >= 15 is 0 Å². The second kappa shape index (κ2) is 7.70. The van der Waals surface area contributed by atoms with Crippen LogP contribution in [0.15, 0.2) is 54.7 Å². The van der Waals surface area contributed by atoms with E-state index in [-0.39, 0.29) is 11.7 Å². The highest BCUT2D eigenvalue weighted by molar-refractivity contribution is 5.97. The Kier molecular flexibility index (Phi) is 5.64. The first-order chi connectivity index (χ1) is 10.2. The molecule has 1 heterocycles. The van der Waals surface area contributed by atoms with Crippen molar-refractivity contribution in [2.75, 3.05) is 13.1 Å². The van der Waals surface area contributed by atoms with Gasteiger partial charge >= 0.3 is 0 Å². The van der Waals surface area contributed by atoms with Gasteiger partial charge in [0.15, 0.2) is 5.78 Å². The molecule has 0 amide bonds. The van der Waals surface area contributed by atoms with Gasteiger partial charge in [-0.15, -0.1) is 0 Å². The number of nitrogens with zero attached hydrogens (tertiary/aromatic N) is 2. The number of aromatic nitrogens is 1. The van der Waals surface area contributed by atoms with Crippen LogP contribution in [0.5, 0.6) is 0 Å². The average molecular weight is 282 g/mol. The molecule has 3 heteroatoms. The second-order valence-electron chi connectivity index (χ2n) is 5.28. The number of Topliss-reactive ketones (excluding diaryl/α,β-unsaturated/α-hetero) is 1. The smallest absolute Gasteiger partial charge is 0.166 e. The summed E-state index contributed by atoms with van der Waals surface area (Å²) in [4.78, 5) is 19.0. The van der Waals surface area contributed by atoms with E-state index < -0.39 is 0 Å². The predicted octanol–water partition coefficient (Wildman–Crippen LogP) is 3.42. The fourth-order valence-electron chi connectivity index (χ4n) is 2.38. The van der Waals surface area contributed by atoms with Crippen LogP contribution in [-0.2, 0) is 6.54 Å². The van der Waals surface area contributed by atoms with E-state index in [4.69, 9.17) is 0 Å². The van der Waals surface area contributed by atoms with Gasteiger partial charge in [-0.2, -0.15) is 0 Å². The molecule has 0 aliphatic carbocycles. The molecule has 1 aromatic heterocycles. The Morgan fingerprint density at radius 2 is 1.86 bits per heavy atom. The number of ketones is 1. The zero-order chi connectivity index (χ0) is 15.1. The van der Waals surface area contributed by atoms with Crippen LogP contribution in [0.25, 0.3) is 0 Å². The summed E-state index contributed by atoms with van der Waals surface area (Å²) in [6.07, 6.45) is 1.81. The van der Waals surface area contributed by atoms with Gasteiger partial charge in [-0.05, 0) is 18.7 Å². The van der Waals surface area contributed by atoms with Gasteiger partial charge in [0, 0.05) is 30.8 Å². The van der Waals surface area contributed by atoms with Gasteiger partial charge in [0.2, 0.25) is 0 Å². The highest BCUT2D eigenvalue weighted by Gasteiger charge is 2.18. The van der Waals surface area contributed by atoms with E-state index in [2.05, 4.69) is 16.8 Å². The lowest BCUT2D eigenvalue weighted by Gasteiger charge is -2.23. The van der Waals surface area contributed by atoms with Crippen molar-refractivity contribution < 1.29 is 4.79 Å². The number of hydrogen-bond acceptors (Lipinski definition) is 3. The maximum absolute atomic E-state index is 12.4. The molecule has 2 rings (SSSR count). The van der Waals surface area contributed by atoms with Crippen LogP contribution in [0, 0.1) is 5.92 Å². The third kappa shape index (κ3) is 4.50. The van der Waals surface area contributed by atoms with E-state index in [0.29, 0.717) is 0 Å². The molecule has 0 fully saturated rings. The van der Waals surface area contributed by atoms with Gasteiger partial charge in [0.25, 0.3) is 0 Å². The van der Waals surface area contributed by atoms with Crippen LogP contribution in [-0.4, -0.2) is 28.8 Å². The standard InChI is InChI=1S/C18H22N2O/c1-3-20(14-17-11-7-8-12-19-17)13-15(2)18(21)16-9-5-4-6-10-16/h4-12,15H,3,13-14H2,1-2H3. The minimum atomic E-state index is -0.0175. The van der Waals surface area contributed by atoms with Crippen molar-refractivity contribution in [1.29, 1.82) is 0 Å². The average Bonchev–Trinajstić information content (AvgIpc) is 2.55. The van der Waals surface area contributed by atoms with Gasteiger partial charge in [0.1, 0.15) is 0 Å². The molecular formula is C18H22N2O. The number of carbonyl (C=O) groups excluding carboxylic acids is 1. The molecule has 0 saturated carbocycles. The van der Waals surface area contributed by atoms with Crippen molar-refractivity contribution in [3.05, 3.63) is 66.0 Å². The number of carbonyl (C=O) groups is 1. The van der Waals surface area contributed by atoms with Crippen molar-refractivity contribution >= 4 is 5.78 Å².